The Morgan fingerprint density at radius 1 is 1.45 bits per heavy atom. The van der Waals surface area contributed by atoms with Crippen LogP contribution in [0.2, 0.25) is 0 Å². The first kappa shape index (κ1) is 14.5. The maximum Gasteiger partial charge on any atom is 0.233 e. The summed E-state index contributed by atoms with van der Waals surface area (Å²) in [5.41, 5.74) is 7.61. The molecule has 106 valence electrons. The van der Waals surface area contributed by atoms with Crippen LogP contribution in [0.15, 0.2) is 45.9 Å². The Balaban J connectivity index is 1.92. The second kappa shape index (κ2) is 6.52. The van der Waals surface area contributed by atoms with E-state index in [1.165, 1.54) is 11.8 Å². The number of carbonyl (C=O) groups is 1. The molecule has 1 heterocycles. The van der Waals surface area contributed by atoms with Crippen molar-refractivity contribution < 1.29 is 9.21 Å². The van der Waals surface area contributed by atoms with E-state index in [4.69, 9.17) is 10.2 Å². The van der Waals surface area contributed by atoms with E-state index < -0.39 is 0 Å². The van der Waals surface area contributed by atoms with Crippen LogP contribution in [0.4, 0.5) is 5.69 Å². The van der Waals surface area contributed by atoms with Gasteiger partial charge >= 0.3 is 0 Å². The Bertz CT molecular complexity index is 582. The topological polar surface area (TPSA) is 68.3 Å². The number of benzene rings is 1. The van der Waals surface area contributed by atoms with Crippen molar-refractivity contribution in [1.82, 2.24) is 5.32 Å². The van der Waals surface area contributed by atoms with Gasteiger partial charge in [-0.3, -0.25) is 4.79 Å². The second-order valence-electron chi connectivity index (χ2n) is 4.58. The van der Waals surface area contributed by atoms with Gasteiger partial charge in [-0.15, -0.1) is 11.8 Å². The van der Waals surface area contributed by atoms with Crippen molar-refractivity contribution >= 4 is 23.4 Å². The summed E-state index contributed by atoms with van der Waals surface area (Å²) in [5, 5.41) is 2.66. The molecule has 0 aliphatic heterocycles. The van der Waals surface area contributed by atoms with E-state index in [0.29, 0.717) is 12.2 Å². The molecule has 2 aromatic rings. The monoisotopic (exact) mass is 290 g/mol. The van der Waals surface area contributed by atoms with Crippen molar-refractivity contribution in [3.63, 3.8) is 0 Å². The Morgan fingerprint density at radius 3 is 2.95 bits per heavy atom. The highest BCUT2D eigenvalue weighted by Gasteiger charge is 2.15. The van der Waals surface area contributed by atoms with Crippen LogP contribution >= 0.6 is 11.8 Å². The van der Waals surface area contributed by atoms with Crippen molar-refractivity contribution in [3.05, 3.63) is 47.9 Å². The Morgan fingerprint density at radius 2 is 2.25 bits per heavy atom. The van der Waals surface area contributed by atoms with Gasteiger partial charge in [-0.25, -0.2) is 0 Å². The molecule has 0 fully saturated rings. The average molecular weight is 290 g/mol. The minimum atomic E-state index is -0.189. The maximum absolute atomic E-state index is 12.0. The summed E-state index contributed by atoms with van der Waals surface area (Å²) in [6, 6.07) is 9.36. The van der Waals surface area contributed by atoms with Crippen LogP contribution in [0.1, 0.15) is 18.2 Å². The molecule has 4 nitrogen and oxygen atoms in total. The summed E-state index contributed by atoms with van der Waals surface area (Å²) < 4.78 is 5.18. The number of hydrogen-bond donors (Lipinski definition) is 2. The van der Waals surface area contributed by atoms with Crippen molar-refractivity contribution in [2.45, 2.75) is 30.5 Å². The summed E-state index contributed by atoms with van der Waals surface area (Å²) >= 11 is 1.51. The molecule has 1 aromatic heterocycles. The molecule has 20 heavy (non-hydrogen) atoms. The van der Waals surface area contributed by atoms with Gasteiger partial charge in [0, 0.05) is 10.6 Å². The fourth-order valence-electron chi connectivity index (χ4n) is 1.72. The van der Waals surface area contributed by atoms with E-state index >= 15 is 0 Å². The SMILES string of the molecule is Cc1ccc(N)cc1SC(C)C(=O)NCc1ccco1. The predicted molar refractivity (Wildman–Crippen MR) is 81.5 cm³/mol. The highest BCUT2D eigenvalue weighted by molar-refractivity contribution is 8.00. The van der Waals surface area contributed by atoms with E-state index in [2.05, 4.69) is 5.32 Å². The van der Waals surface area contributed by atoms with Crippen LogP contribution < -0.4 is 11.1 Å². The molecule has 0 aliphatic rings. The number of amides is 1. The Kier molecular flexibility index (Phi) is 4.74. The summed E-state index contributed by atoms with van der Waals surface area (Å²) in [5.74, 6) is 0.726. The maximum atomic E-state index is 12.0. The molecule has 5 heteroatoms. The fourth-order valence-corrected chi connectivity index (χ4v) is 2.75. The molecule has 1 aromatic carbocycles. The van der Waals surface area contributed by atoms with Crippen LogP contribution in [0.25, 0.3) is 0 Å². The highest BCUT2D eigenvalue weighted by atomic mass is 32.2. The van der Waals surface area contributed by atoms with Gasteiger partial charge in [0.1, 0.15) is 5.76 Å². The zero-order valence-electron chi connectivity index (χ0n) is 11.6. The van der Waals surface area contributed by atoms with Gasteiger partial charge in [0.2, 0.25) is 5.91 Å². The van der Waals surface area contributed by atoms with Gasteiger partial charge in [-0.1, -0.05) is 6.07 Å². The van der Waals surface area contributed by atoms with E-state index in [1.54, 1.807) is 12.3 Å². The number of nitrogens with two attached hydrogens (primary N) is 1. The first-order valence-electron chi connectivity index (χ1n) is 6.39. The molecule has 0 spiro atoms. The minimum Gasteiger partial charge on any atom is -0.467 e. The summed E-state index contributed by atoms with van der Waals surface area (Å²) in [7, 11) is 0. The van der Waals surface area contributed by atoms with Gasteiger partial charge in [0.25, 0.3) is 0 Å². The van der Waals surface area contributed by atoms with Crippen LogP contribution in [0.5, 0.6) is 0 Å². The number of carbonyl (C=O) groups excluding carboxylic acids is 1. The summed E-state index contributed by atoms with van der Waals surface area (Å²) in [4.78, 5) is 13.1. The number of rotatable bonds is 5. The third-order valence-electron chi connectivity index (χ3n) is 2.90. The molecule has 1 unspecified atom stereocenters. The molecule has 0 saturated heterocycles. The zero-order valence-corrected chi connectivity index (χ0v) is 12.4. The fraction of sp³-hybridized carbons (Fsp3) is 0.267. The molecule has 1 atom stereocenters. The van der Waals surface area contributed by atoms with Gasteiger partial charge in [0.15, 0.2) is 0 Å². The third-order valence-corrected chi connectivity index (χ3v) is 4.16. The minimum absolute atomic E-state index is 0.0202. The number of anilines is 1. The van der Waals surface area contributed by atoms with Crippen molar-refractivity contribution in [3.8, 4) is 0 Å². The summed E-state index contributed by atoms with van der Waals surface area (Å²) in [6.07, 6.45) is 1.59. The lowest BCUT2D eigenvalue weighted by molar-refractivity contribution is -0.120. The molecule has 0 saturated carbocycles. The number of furan rings is 1. The third kappa shape index (κ3) is 3.81. The number of hydrogen-bond acceptors (Lipinski definition) is 4. The lowest BCUT2D eigenvalue weighted by atomic mass is 10.2. The quantitative estimate of drug-likeness (QED) is 0.656. The van der Waals surface area contributed by atoms with Crippen molar-refractivity contribution in [1.29, 1.82) is 0 Å². The molecule has 3 N–H and O–H groups in total. The first-order valence-corrected chi connectivity index (χ1v) is 7.27. The Hall–Kier alpha value is -1.88. The lowest BCUT2D eigenvalue weighted by Crippen LogP contribution is -2.30. The average Bonchev–Trinajstić information content (AvgIpc) is 2.93. The van der Waals surface area contributed by atoms with E-state index in [9.17, 15) is 4.79 Å². The number of thioether (sulfide) groups is 1. The molecule has 0 radical (unpaired) electrons. The number of nitrogen functional groups attached to an aromatic ring is 1. The largest absolute Gasteiger partial charge is 0.467 e. The van der Waals surface area contributed by atoms with Crippen LogP contribution in [0.3, 0.4) is 0 Å². The van der Waals surface area contributed by atoms with Crippen molar-refractivity contribution in [2.24, 2.45) is 0 Å². The predicted octanol–water partition coefficient (Wildman–Crippen LogP) is 2.97. The van der Waals surface area contributed by atoms with E-state index in [-0.39, 0.29) is 11.2 Å². The molecule has 2 rings (SSSR count). The van der Waals surface area contributed by atoms with Gasteiger partial charge in [-0.2, -0.15) is 0 Å². The number of aryl methyl sites for hydroxylation is 1. The second-order valence-corrected chi connectivity index (χ2v) is 5.96. The Labute approximate surface area is 122 Å². The summed E-state index contributed by atoms with van der Waals surface area (Å²) in [6.45, 7) is 4.30. The van der Waals surface area contributed by atoms with Crippen LogP contribution in [-0.4, -0.2) is 11.2 Å². The normalized spacial score (nSPS) is 12.1. The van der Waals surface area contributed by atoms with Gasteiger partial charge in [-0.05, 0) is 43.7 Å². The van der Waals surface area contributed by atoms with Crippen LogP contribution in [-0.2, 0) is 11.3 Å². The lowest BCUT2D eigenvalue weighted by Gasteiger charge is -2.13. The molecule has 0 bridgehead atoms. The number of nitrogens with one attached hydrogen (secondary N) is 1. The van der Waals surface area contributed by atoms with Crippen LogP contribution in [0, 0.1) is 6.92 Å². The molecular weight excluding hydrogens is 272 g/mol. The molecule has 1 amide bonds. The van der Waals surface area contributed by atoms with E-state index in [1.807, 2.05) is 38.1 Å². The van der Waals surface area contributed by atoms with Crippen molar-refractivity contribution in [2.75, 3.05) is 5.73 Å². The highest BCUT2D eigenvalue weighted by Crippen LogP contribution is 2.28. The smallest absolute Gasteiger partial charge is 0.233 e. The molecular formula is C15H18N2O2S. The standard InChI is InChI=1S/C15H18N2O2S/c1-10-5-6-12(16)8-14(10)20-11(2)15(18)17-9-13-4-3-7-19-13/h3-8,11H,9,16H2,1-2H3,(H,17,18). The van der Waals surface area contributed by atoms with Gasteiger partial charge in [0.05, 0.1) is 18.1 Å². The van der Waals surface area contributed by atoms with Gasteiger partial charge < -0.3 is 15.5 Å². The van der Waals surface area contributed by atoms with E-state index in [0.717, 1.165) is 16.2 Å². The zero-order chi connectivity index (χ0) is 14.5. The first-order chi connectivity index (χ1) is 9.56. The molecule has 0 aliphatic carbocycles.